The fourth-order valence-electron chi connectivity index (χ4n) is 3.41. The number of hydrogen-bond donors (Lipinski definition) is 2. The summed E-state index contributed by atoms with van der Waals surface area (Å²) in [5, 5.41) is 7.34. The van der Waals surface area contributed by atoms with Crippen molar-refractivity contribution in [3.05, 3.63) is 59.8 Å². The zero-order chi connectivity index (χ0) is 19.3. The summed E-state index contributed by atoms with van der Waals surface area (Å²) >= 11 is 5.95. The number of amides is 2. The van der Waals surface area contributed by atoms with Crippen LogP contribution in [-0.2, 0) is 11.3 Å². The molecule has 1 fully saturated rings. The number of rotatable bonds is 5. The van der Waals surface area contributed by atoms with Crippen LogP contribution in [0.1, 0.15) is 0 Å². The highest BCUT2D eigenvalue weighted by Gasteiger charge is 2.11. The van der Waals surface area contributed by atoms with Gasteiger partial charge in [0.15, 0.2) is 0 Å². The Kier molecular flexibility index (Phi) is 5.81. The van der Waals surface area contributed by atoms with E-state index in [1.54, 1.807) is 24.3 Å². The van der Waals surface area contributed by atoms with Gasteiger partial charge in [0.2, 0.25) is 0 Å². The Morgan fingerprint density at radius 2 is 1.79 bits per heavy atom. The maximum absolute atomic E-state index is 12.2. The summed E-state index contributed by atoms with van der Waals surface area (Å²) in [5.41, 5.74) is 2.56. The second-order valence-electron chi connectivity index (χ2n) is 6.83. The number of nitrogens with one attached hydrogen (secondary N) is 2. The number of anilines is 2. The Hall–Kier alpha value is -2.54. The van der Waals surface area contributed by atoms with E-state index in [1.165, 1.54) is 0 Å². The van der Waals surface area contributed by atoms with Gasteiger partial charge in [-0.25, -0.2) is 4.79 Å². The lowest BCUT2D eigenvalue weighted by Crippen LogP contribution is -2.38. The van der Waals surface area contributed by atoms with Gasteiger partial charge in [-0.15, -0.1) is 0 Å². The van der Waals surface area contributed by atoms with Gasteiger partial charge < -0.3 is 19.9 Å². The first kappa shape index (κ1) is 18.8. The molecule has 7 heteroatoms. The van der Waals surface area contributed by atoms with Gasteiger partial charge in [-0.05, 0) is 42.5 Å². The van der Waals surface area contributed by atoms with Crippen LogP contribution in [0.25, 0.3) is 10.9 Å². The summed E-state index contributed by atoms with van der Waals surface area (Å²) in [7, 11) is 0. The van der Waals surface area contributed by atoms with Crippen LogP contribution in [0, 0.1) is 0 Å². The number of fused-ring (bicyclic) bond motifs is 1. The topological polar surface area (TPSA) is 58.5 Å². The van der Waals surface area contributed by atoms with E-state index in [-0.39, 0.29) is 6.03 Å². The molecule has 0 spiro atoms. The van der Waals surface area contributed by atoms with Gasteiger partial charge in [-0.3, -0.25) is 4.90 Å². The van der Waals surface area contributed by atoms with E-state index in [2.05, 4.69) is 32.4 Å². The number of carbonyl (C=O) groups excluding carboxylic acids is 1. The average molecular weight is 399 g/mol. The van der Waals surface area contributed by atoms with Crippen LogP contribution in [-0.4, -0.2) is 48.3 Å². The normalized spacial score (nSPS) is 14.9. The predicted octanol–water partition coefficient (Wildman–Crippen LogP) is 4.27. The Bertz CT molecular complexity index is 966. The molecule has 0 unspecified atom stereocenters. The first-order valence-electron chi connectivity index (χ1n) is 9.40. The highest BCUT2D eigenvalue weighted by Crippen LogP contribution is 2.21. The van der Waals surface area contributed by atoms with Crippen molar-refractivity contribution in [3.8, 4) is 0 Å². The predicted molar refractivity (Wildman–Crippen MR) is 113 cm³/mol. The van der Waals surface area contributed by atoms with Crippen LogP contribution in [0.4, 0.5) is 16.2 Å². The number of benzene rings is 2. The van der Waals surface area contributed by atoms with Crippen LogP contribution in [0.5, 0.6) is 0 Å². The lowest BCUT2D eigenvalue weighted by Gasteiger charge is -2.26. The zero-order valence-corrected chi connectivity index (χ0v) is 16.3. The van der Waals surface area contributed by atoms with E-state index < -0.39 is 0 Å². The lowest BCUT2D eigenvalue weighted by molar-refractivity contribution is 0.0365. The van der Waals surface area contributed by atoms with E-state index >= 15 is 0 Å². The largest absolute Gasteiger partial charge is 0.379 e. The molecule has 6 nitrogen and oxygen atoms in total. The molecule has 1 saturated heterocycles. The van der Waals surface area contributed by atoms with Crippen molar-refractivity contribution in [3.63, 3.8) is 0 Å². The summed E-state index contributed by atoms with van der Waals surface area (Å²) < 4.78 is 7.65. The van der Waals surface area contributed by atoms with Crippen molar-refractivity contribution in [2.24, 2.45) is 0 Å². The number of hydrogen-bond acceptors (Lipinski definition) is 3. The summed E-state index contributed by atoms with van der Waals surface area (Å²) in [5.74, 6) is 0. The molecule has 2 amide bonds. The third-order valence-corrected chi connectivity index (χ3v) is 5.11. The maximum Gasteiger partial charge on any atom is 0.323 e. The molecule has 146 valence electrons. The Morgan fingerprint density at radius 3 is 2.57 bits per heavy atom. The molecular formula is C21H23ClN4O2. The molecule has 2 heterocycles. The highest BCUT2D eigenvalue weighted by atomic mass is 35.5. The van der Waals surface area contributed by atoms with E-state index in [4.69, 9.17) is 16.3 Å². The minimum absolute atomic E-state index is 0.298. The number of halogens is 1. The van der Waals surface area contributed by atoms with Gasteiger partial charge in [-0.2, -0.15) is 0 Å². The van der Waals surface area contributed by atoms with Gasteiger partial charge in [0.05, 0.1) is 13.2 Å². The van der Waals surface area contributed by atoms with Gasteiger partial charge >= 0.3 is 6.03 Å². The molecule has 1 aliphatic rings. The molecule has 2 aromatic carbocycles. The molecule has 0 atom stereocenters. The fraction of sp³-hybridized carbons (Fsp3) is 0.286. The number of carbonyl (C=O) groups is 1. The van der Waals surface area contributed by atoms with Crippen molar-refractivity contribution in [1.29, 1.82) is 0 Å². The van der Waals surface area contributed by atoms with Gasteiger partial charge in [0.1, 0.15) is 0 Å². The molecule has 1 aliphatic heterocycles. The molecule has 28 heavy (non-hydrogen) atoms. The van der Waals surface area contributed by atoms with Crippen LogP contribution in [0.3, 0.4) is 0 Å². The quantitative estimate of drug-likeness (QED) is 0.674. The van der Waals surface area contributed by atoms with Crippen LogP contribution in [0.2, 0.25) is 5.02 Å². The zero-order valence-electron chi connectivity index (χ0n) is 15.5. The maximum atomic E-state index is 12.2. The standard InChI is InChI=1S/C21H23ClN4O2/c22-17-2-1-3-18(15-17)23-21(27)24-19-4-5-20-16(14-19)6-7-26(20)9-8-25-10-12-28-13-11-25/h1-7,14-15H,8-13H2,(H2,23,24,27). The van der Waals surface area contributed by atoms with Crippen LogP contribution in [0.15, 0.2) is 54.7 Å². The van der Waals surface area contributed by atoms with E-state index in [0.717, 1.165) is 56.0 Å². The molecular weight excluding hydrogens is 376 g/mol. The first-order valence-corrected chi connectivity index (χ1v) is 9.78. The number of nitrogens with zero attached hydrogens (tertiary/aromatic N) is 2. The second kappa shape index (κ2) is 8.65. The lowest BCUT2D eigenvalue weighted by atomic mass is 10.2. The molecule has 0 saturated carbocycles. The molecule has 0 aliphatic carbocycles. The Morgan fingerprint density at radius 1 is 1.00 bits per heavy atom. The Balaban J connectivity index is 1.38. The van der Waals surface area contributed by atoms with E-state index in [0.29, 0.717) is 10.7 Å². The SMILES string of the molecule is O=C(Nc1cccc(Cl)c1)Nc1ccc2c(ccn2CCN2CCOCC2)c1. The summed E-state index contributed by atoms with van der Waals surface area (Å²) in [4.78, 5) is 14.6. The van der Waals surface area contributed by atoms with Gasteiger partial charge in [-0.1, -0.05) is 17.7 Å². The number of morpholine rings is 1. The van der Waals surface area contributed by atoms with Crippen molar-refractivity contribution >= 4 is 39.9 Å². The Labute approximate surface area is 169 Å². The summed E-state index contributed by atoms with van der Waals surface area (Å²) in [6, 6.07) is 14.8. The van der Waals surface area contributed by atoms with Crippen molar-refractivity contribution < 1.29 is 9.53 Å². The monoisotopic (exact) mass is 398 g/mol. The minimum atomic E-state index is -0.298. The van der Waals surface area contributed by atoms with Crippen molar-refractivity contribution in [2.75, 3.05) is 43.5 Å². The average Bonchev–Trinajstić information content (AvgIpc) is 3.09. The smallest absolute Gasteiger partial charge is 0.323 e. The molecule has 0 radical (unpaired) electrons. The third-order valence-electron chi connectivity index (χ3n) is 4.87. The first-order chi connectivity index (χ1) is 13.7. The van der Waals surface area contributed by atoms with Crippen molar-refractivity contribution in [2.45, 2.75) is 6.54 Å². The van der Waals surface area contributed by atoms with E-state index in [9.17, 15) is 4.79 Å². The van der Waals surface area contributed by atoms with Gasteiger partial charge in [0.25, 0.3) is 0 Å². The fourth-order valence-corrected chi connectivity index (χ4v) is 3.60. The summed E-state index contributed by atoms with van der Waals surface area (Å²) in [6.07, 6.45) is 2.10. The molecule has 2 N–H and O–H groups in total. The number of aromatic nitrogens is 1. The molecule has 3 aromatic rings. The highest BCUT2D eigenvalue weighted by molar-refractivity contribution is 6.30. The molecule has 1 aromatic heterocycles. The molecule has 0 bridgehead atoms. The number of ether oxygens (including phenoxy) is 1. The van der Waals surface area contributed by atoms with Crippen LogP contribution >= 0.6 is 11.6 Å². The van der Waals surface area contributed by atoms with Gasteiger partial charge in [0, 0.05) is 59.7 Å². The minimum Gasteiger partial charge on any atom is -0.379 e. The van der Waals surface area contributed by atoms with E-state index in [1.807, 2.05) is 18.2 Å². The molecule has 4 rings (SSSR count). The number of urea groups is 1. The third kappa shape index (κ3) is 4.65. The van der Waals surface area contributed by atoms with Crippen molar-refractivity contribution in [1.82, 2.24) is 9.47 Å². The van der Waals surface area contributed by atoms with Crippen LogP contribution < -0.4 is 10.6 Å². The second-order valence-corrected chi connectivity index (χ2v) is 7.26. The summed E-state index contributed by atoms with van der Waals surface area (Å²) in [6.45, 7) is 5.57.